The molecule has 1 atom stereocenters. The SMILES string of the molecule is COc1cc(OC)c(C(Cl)CCCC=O)cc1OC. The molecule has 0 amide bonds. The van der Waals surface area contributed by atoms with Crippen LogP contribution in [0.1, 0.15) is 30.2 Å². The van der Waals surface area contributed by atoms with Crippen molar-refractivity contribution in [3.63, 3.8) is 0 Å². The average Bonchev–Trinajstić information content (AvgIpc) is 2.45. The third kappa shape index (κ3) is 4.03. The highest BCUT2D eigenvalue weighted by Crippen LogP contribution is 2.40. The van der Waals surface area contributed by atoms with Crippen molar-refractivity contribution in [1.82, 2.24) is 0 Å². The molecule has 0 aliphatic carbocycles. The highest BCUT2D eigenvalue weighted by atomic mass is 35.5. The molecule has 0 saturated carbocycles. The standard InChI is InChI=1S/C14H19ClO4/c1-17-12-9-14(19-3)13(18-2)8-10(12)11(15)6-4-5-7-16/h7-9,11H,4-6H2,1-3H3. The third-order valence-electron chi connectivity index (χ3n) is 2.85. The van der Waals surface area contributed by atoms with E-state index in [1.165, 1.54) is 0 Å². The summed E-state index contributed by atoms with van der Waals surface area (Å²) in [4.78, 5) is 10.3. The lowest BCUT2D eigenvalue weighted by molar-refractivity contribution is -0.107. The molecule has 0 heterocycles. The van der Waals surface area contributed by atoms with Gasteiger partial charge < -0.3 is 19.0 Å². The van der Waals surface area contributed by atoms with Crippen LogP contribution in [0.25, 0.3) is 0 Å². The quantitative estimate of drug-likeness (QED) is 0.418. The first-order chi connectivity index (χ1) is 9.17. The summed E-state index contributed by atoms with van der Waals surface area (Å²) in [7, 11) is 4.72. The lowest BCUT2D eigenvalue weighted by atomic mass is 10.0. The molecule has 106 valence electrons. The van der Waals surface area contributed by atoms with Crippen molar-refractivity contribution in [2.75, 3.05) is 21.3 Å². The number of ether oxygens (including phenoxy) is 3. The van der Waals surface area contributed by atoms with Gasteiger partial charge in [0, 0.05) is 18.1 Å². The Labute approximate surface area is 118 Å². The number of carbonyl (C=O) groups excluding carboxylic acids is 1. The van der Waals surface area contributed by atoms with Crippen LogP contribution in [0, 0.1) is 0 Å². The van der Waals surface area contributed by atoms with Crippen LogP contribution < -0.4 is 14.2 Å². The van der Waals surface area contributed by atoms with E-state index in [1.54, 1.807) is 27.4 Å². The number of carbonyl (C=O) groups is 1. The van der Waals surface area contributed by atoms with Gasteiger partial charge >= 0.3 is 0 Å². The lowest BCUT2D eigenvalue weighted by Gasteiger charge is -2.17. The molecule has 5 heteroatoms. The fraction of sp³-hybridized carbons (Fsp3) is 0.500. The van der Waals surface area contributed by atoms with E-state index in [-0.39, 0.29) is 5.38 Å². The molecule has 4 nitrogen and oxygen atoms in total. The molecule has 0 aliphatic rings. The molecule has 0 aliphatic heterocycles. The fourth-order valence-electron chi connectivity index (χ4n) is 1.83. The Morgan fingerprint density at radius 2 is 1.68 bits per heavy atom. The van der Waals surface area contributed by atoms with E-state index in [1.807, 2.05) is 6.07 Å². The van der Waals surface area contributed by atoms with Gasteiger partial charge in [0.15, 0.2) is 11.5 Å². The fourth-order valence-corrected chi connectivity index (χ4v) is 2.16. The van der Waals surface area contributed by atoms with E-state index in [4.69, 9.17) is 25.8 Å². The first kappa shape index (κ1) is 15.6. The van der Waals surface area contributed by atoms with Gasteiger partial charge in [-0.3, -0.25) is 0 Å². The minimum absolute atomic E-state index is 0.227. The molecular formula is C14H19ClO4. The Kier molecular flexibility index (Phi) is 6.50. The molecule has 1 rings (SSSR count). The molecule has 0 radical (unpaired) electrons. The summed E-state index contributed by atoms with van der Waals surface area (Å²) in [6.45, 7) is 0. The maximum atomic E-state index is 10.3. The van der Waals surface area contributed by atoms with Crippen LogP contribution in [-0.2, 0) is 4.79 Å². The Bertz CT molecular complexity index is 420. The van der Waals surface area contributed by atoms with Crippen molar-refractivity contribution < 1.29 is 19.0 Å². The Morgan fingerprint density at radius 1 is 1.11 bits per heavy atom. The van der Waals surface area contributed by atoms with Crippen molar-refractivity contribution in [1.29, 1.82) is 0 Å². The number of methoxy groups -OCH3 is 3. The average molecular weight is 287 g/mol. The summed E-state index contributed by atoms with van der Waals surface area (Å²) in [5.74, 6) is 1.86. The Hall–Kier alpha value is -1.42. The van der Waals surface area contributed by atoms with Crippen LogP contribution in [0.15, 0.2) is 12.1 Å². The van der Waals surface area contributed by atoms with Crippen LogP contribution in [-0.4, -0.2) is 27.6 Å². The first-order valence-corrected chi connectivity index (χ1v) is 6.49. The van der Waals surface area contributed by atoms with Gasteiger partial charge in [0.25, 0.3) is 0 Å². The van der Waals surface area contributed by atoms with Crippen LogP contribution in [0.3, 0.4) is 0 Å². The number of rotatable bonds is 8. The molecule has 0 fully saturated rings. The Balaban J connectivity index is 3.00. The summed E-state index contributed by atoms with van der Waals surface area (Å²) < 4.78 is 15.8. The van der Waals surface area contributed by atoms with Crippen molar-refractivity contribution in [3.05, 3.63) is 17.7 Å². The van der Waals surface area contributed by atoms with Crippen LogP contribution >= 0.6 is 11.6 Å². The van der Waals surface area contributed by atoms with Gasteiger partial charge in [-0.25, -0.2) is 0 Å². The molecule has 1 aromatic carbocycles. The number of aldehydes is 1. The van der Waals surface area contributed by atoms with E-state index in [2.05, 4.69) is 0 Å². The summed E-state index contributed by atoms with van der Waals surface area (Å²) in [6, 6.07) is 3.57. The summed E-state index contributed by atoms with van der Waals surface area (Å²) in [6.07, 6.45) is 2.86. The van der Waals surface area contributed by atoms with Gasteiger partial charge in [0.05, 0.1) is 26.7 Å². The van der Waals surface area contributed by atoms with Gasteiger partial charge in [0.1, 0.15) is 12.0 Å². The second-order valence-electron chi connectivity index (χ2n) is 4.01. The highest BCUT2D eigenvalue weighted by molar-refractivity contribution is 6.21. The number of unbranched alkanes of at least 4 members (excludes halogenated alkanes) is 1. The minimum Gasteiger partial charge on any atom is -0.496 e. The normalized spacial score (nSPS) is 11.8. The van der Waals surface area contributed by atoms with Crippen molar-refractivity contribution in [2.24, 2.45) is 0 Å². The van der Waals surface area contributed by atoms with E-state index in [9.17, 15) is 4.79 Å². The van der Waals surface area contributed by atoms with Gasteiger partial charge in [0.2, 0.25) is 0 Å². The van der Waals surface area contributed by atoms with Crippen LogP contribution in [0.4, 0.5) is 0 Å². The Morgan fingerprint density at radius 3 is 2.21 bits per heavy atom. The zero-order valence-electron chi connectivity index (χ0n) is 11.4. The summed E-state index contributed by atoms with van der Waals surface area (Å²) in [5.41, 5.74) is 0.840. The molecule has 0 aromatic heterocycles. The highest BCUT2D eigenvalue weighted by Gasteiger charge is 2.17. The smallest absolute Gasteiger partial charge is 0.164 e. The topological polar surface area (TPSA) is 44.8 Å². The van der Waals surface area contributed by atoms with Gasteiger partial charge in [-0.05, 0) is 18.9 Å². The molecule has 19 heavy (non-hydrogen) atoms. The second kappa shape index (κ2) is 7.89. The molecule has 0 saturated heterocycles. The lowest BCUT2D eigenvalue weighted by Crippen LogP contribution is -1.99. The maximum Gasteiger partial charge on any atom is 0.164 e. The molecule has 1 aromatic rings. The molecule has 0 N–H and O–H groups in total. The monoisotopic (exact) mass is 286 g/mol. The van der Waals surface area contributed by atoms with E-state index >= 15 is 0 Å². The molecular weight excluding hydrogens is 268 g/mol. The summed E-state index contributed by atoms with van der Waals surface area (Å²) in [5, 5.41) is -0.227. The molecule has 1 unspecified atom stereocenters. The van der Waals surface area contributed by atoms with Gasteiger partial charge in [-0.1, -0.05) is 0 Å². The van der Waals surface area contributed by atoms with E-state index in [0.29, 0.717) is 30.1 Å². The van der Waals surface area contributed by atoms with Crippen molar-refractivity contribution >= 4 is 17.9 Å². The predicted molar refractivity (Wildman–Crippen MR) is 74.6 cm³/mol. The molecule has 0 bridgehead atoms. The van der Waals surface area contributed by atoms with Gasteiger partial charge in [-0.15, -0.1) is 11.6 Å². The predicted octanol–water partition coefficient (Wildman–Crippen LogP) is 3.36. The number of hydrogen-bond acceptors (Lipinski definition) is 4. The zero-order chi connectivity index (χ0) is 14.3. The zero-order valence-corrected chi connectivity index (χ0v) is 12.2. The van der Waals surface area contributed by atoms with Crippen LogP contribution in [0.5, 0.6) is 17.2 Å². The third-order valence-corrected chi connectivity index (χ3v) is 3.31. The van der Waals surface area contributed by atoms with Crippen molar-refractivity contribution in [3.8, 4) is 17.2 Å². The van der Waals surface area contributed by atoms with E-state index in [0.717, 1.165) is 18.3 Å². The van der Waals surface area contributed by atoms with Gasteiger partial charge in [-0.2, -0.15) is 0 Å². The second-order valence-corrected chi connectivity index (χ2v) is 4.54. The minimum atomic E-state index is -0.227. The largest absolute Gasteiger partial charge is 0.496 e. The van der Waals surface area contributed by atoms with Crippen LogP contribution in [0.2, 0.25) is 0 Å². The van der Waals surface area contributed by atoms with E-state index < -0.39 is 0 Å². The number of benzene rings is 1. The first-order valence-electron chi connectivity index (χ1n) is 6.05. The number of halogens is 1. The number of hydrogen-bond donors (Lipinski definition) is 0. The number of alkyl halides is 1. The summed E-state index contributed by atoms with van der Waals surface area (Å²) >= 11 is 6.36. The molecule has 0 spiro atoms. The van der Waals surface area contributed by atoms with Crippen molar-refractivity contribution in [2.45, 2.75) is 24.6 Å². The maximum absolute atomic E-state index is 10.3.